The predicted molar refractivity (Wildman–Crippen MR) is 132 cm³/mol. The number of fused-ring (bicyclic) bond motifs is 1. The van der Waals surface area contributed by atoms with Crippen LogP contribution in [-0.2, 0) is 11.3 Å². The van der Waals surface area contributed by atoms with Gasteiger partial charge < -0.3 is 14.2 Å². The predicted octanol–water partition coefficient (Wildman–Crippen LogP) is 5.74. The van der Waals surface area contributed by atoms with E-state index in [0.29, 0.717) is 24.6 Å². The minimum Gasteiger partial charge on any atom is -0.495 e. The fourth-order valence-electron chi connectivity index (χ4n) is 4.73. The number of para-hydroxylation sites is 4. The van der Waals surface area contributed by atoms with Crippen molar-refractivity contribution in [3.63, 3.8) is 0 Å². The summed E-state index contributed by atoms with van der Waals surface area (Å²) in [6.45, 7) is 5.74. The zero-order chi connectivity index (χ0) is 22.9. The van der Waals surface area contributed by atoms with Crippen molar-refractivity contribution < 1.29 is 9.53 Å². The Morgan fingerprint density at radius 3 is 2.48 bits per heavy atom. The number of benzene rings is 3. The summed E-state index contributed by atoms with van der Waals surface area (Å²) in [4.78, 5) is 19.9. The second-order valence-electron chi connectivity index (χ2n) is 9.02. The van der Waals surface area contributed by atoms with Crippen LogP contribution in [0.3, 0.4) is 0 Å². The van der Waals surface area contributed by atoms with Crippen LogP contribution in [0.1, 0.15) is 49.1 Å². The molecule has 0 saturated carbocycles. The van der Waals surface area contributed by atoms with Crippen LogP contribution in [0.2, 0.25) is 0 Å². The molecule has 1 saturated heterocycles. The van der Waals surface area contributed by atoms with E-state index in [-0.39, 0.29) is 11.8 Å². The van der Waals surface area contributed by atoms with Crippen LogP contribution in [0, 0.1) is 0 Å². The third kappa shape index (κ3) is 3.99. The molecule has 3 aromatic carbocycles. The molecule has 1 atom stereocenters. The Kier molecular flexibility index (Phi) is 5.63. The van der Waals surface area contributed by atoms with E-state index in [1.54, 1.807) is 7.11 Å². The number of rotatable bonds is 6. The smallest absolute Gasteiger partial charge is 0.227 e. The number of hydrogen-bond acceptors (Lipinski definition) is 3. The molecule has 0 aliphatic carbocycles. The second-order valence-corrected chi connectivity index (χ2v) is 9.02. The van der Waals surface area contributed by atoms with Crippen LogP contribution >= 0.6 is 0 Å². The summed E-state index contributed by atoms with van der Waals surface area (Å²) in [5.74, 6) is 2.31. The number of ether oxygens (including phenoxy) is 1. The lowest BCUT2D eigenvalue weighted by atomic mass is 10.0. The van der Waals surface area contributed by atoms with E-state index in [4.69, 9.17) is 9.72 Å². The maximum Gasteiger partial charge on any atom is 0.227 e. The summed E-state index contributed by atoms with van der Waals surface area (Å²) in [5, 5.41) is 0. The summed E-state index contributed by atoms with van der Waals surface area (Å²) in [6.07, 6.45) is 0.438. The molecule has 1 aromatic heterocycles. The van der Waals surface area contributed by atoms with Crippen molar-refractivity contribution in [3.8, 4) is 5.75 Å². The molecular weight excluding hydrogens is 410 g/mol. The molecule has 0 unspecified atom stereocenters. The van der Waals surface area contributed by atoms with Crippen LogP contribution in [-0.4, -0.2) is 29.1 Å². The minimum atomic E-state index is 0.0183. The molecule has 33 heavy (non-hydrogen) atoms. The Balaban J connectivity index is 1.50. The summed E-state index contributed by atoms with van der Waals surface area (Å²) < 4.78 is 7.79. The van der Waals surface area contributed by atoms with Gasteiger partial charge in [0.05, 0.1) is 23.8 Å². The van der Waals surface area contributed by atoms with Gasteiger partial charge in [-0.25, -0.2) is 4.98 Å². The molecule has 168 valence electrons. The molecule has 1 amide bonds. The van der Waals surface area contributed by atoms with Crippen LogP contribution in [0.15, 0.2) is 72.8 Å². The minimum absolute atomic E-state index is 0.0183. The van der Waals surface area contributed by atoms with Crippen molar-refractivity contribution in [2.45, 2.75) is 38.6 Å². The molecule has 1 aliphatic heterocycles. The third-order valence-electron chi connectivity index (χ3n) is 6.54. The number of methoxy groups -OCH3 is 1. The zero-order valence-corrected chi connectivity index (χ0v) is 19.4. The van der Waals surface area contributed by atoms with E-state index >= 15 is 0 Å². The highest BCUT2D eigenvalue weighted by Gasteiger charge is 2.36. The Hall–Kier alpha value is -3.60. The molecule has 2 heterocycles. The van der Waals surface area contributed by atoms with E-state index in [9.17, 15) is 4.79 Å². The molecule has 0 bridgehead atoms. The Morgan fingerprint density at radius 1 is 1.00 bits per heavy atom. The molecular formula is C28H29N3O2. The number of carbonyl (C=O) groups is 1. The van der Waals surface area contributed by atoms with Crippen molar-refractivity contribution >= 4 is 22.6 Å². The normalized spacial score (nSPS) is 16.2. The SMILES string of the molecule is COc1ccccc1N1C[C@H](c2nc3ccccc3n2Cc2ccc(C(C)C)cc2)CC1=O. The van der Waals surface area contributed by atoms with E-state index in [0.717, 1.165) is 29.1 Å². The van der Waals surface area contributed by atoms with E-state index in [2.05, 4.69) is 48.7 Å². The summed E-state index contributed by atoms with van der Waals surface area (Å²) in [7, 11) is 1.64. The topological polar surface area (TPSA) is 47.4 Å². The lowest BCUT2D eigenvalue weighted by molar-refractivity contribution is -0.117. The first-order valence-electron chi connectivity index (χ1n) is 11.5. The average molecular weight is 440 g/mol. The first-order valence-corrected chi connectivity index (χ1v) is 11.5. The number of carbonyl (C=O) groups excluding carboxylic acids is 1. The molecule has 1 aliphatic rings. The maximum atomic E-state index is 13.0. The highest BCUT2D eigenvalue weighted by atomic mass is 16.5. The van der Waals surface area contributed by atoms with Crippen LogP contribution in [0.4, 0.5) is 5.69 Å². The van der Waals surface area contributed by atoms with Crippen molar-refractivity contribution in [2.75, 3.05) is 18.6 Å². The first-order chi connectivity index (χ1) is 16.0. The van der Waals surface area contributed by atoms with Crippen LogP contribution in [0.25, 0.3) is 11.0 Å². The quantitative estimate of drug-likeness (QED) is 0.385. The summed E-state index contributed by atoms with van der Waals surface area (Å²) in [5.41, 5.74) is 5.45. The van der Waals surface area contributed by atoms with E-state index in [1.165, 1.54) is 11.1 Å². The van der Waals surface area contributed by atoms with Gasteiger partial charge in [0.2, 0.25) is 5.91 Å². The Bertz CT molecular complexity index is 1290. The zero-order valence-electron chi connectivity index (χ0n) is 19.4. The summed E-state index contributed by atoms with van der Waals surface area (Å²) >= 11 is 0. The van der Waals surface area contributed by atoms with Gasteiger partial charge in [-0.05, 0) is 41.3 Å². The largest absolute Gasteiger partial charge is 0.495 e. The fraction of sp³-hybridized carbons (Fsp3) is 0.286. The van der Waals surface area contributed by atoms with Gasteiger partial charge >= 0.3 is 0 Å². The van der Waals surface area contributed by atoms with Crippen molar-refractivity contribution in [1.82, 2.24) is 9.55 Å². The lowest BCUT2D eigenvalue weighted by Gasteiger charge is -2.20. The number of nitrogens with zero attached hydrogens (tertiary/aromatic N) is 3. The number of anilines is 1. The van der Waals surface area contributed by atoms with Crippen LogP contribution in [0.5, 0.6) is 5.75 Å². The number of aromatic nitrogens is 2. The molecule has 1 fully saturated rings. The summed E-state index contributed by atoms with van der Waals surface area (Å²) in [6, 6.07) is 24.7. The monoisotopic (exact) mass is 439 g/mol. The van der Waals surface area contributed by atoms with Gasteiger partial charge in [-0.1, -0.05) is 62.4 Å². The molecule has 5 nitrogen and oxygen atoms in total. The molecule has 5 heteroatoms. The molecule has 0 N–H and O–H groups in total. The number of amides is 1. The number of imidazole rings is 1. The molecule has 5 rings (SSSR count). The average Bonchev–Trinajstić information content (AvgIpc) is 3.40. The number of hydrogen-bond donors (Lipinski definition) is 0. The van der Waals surface area contributed by atoms with Gasteiger partial charge in [0, 0.05) is 25.4 Å². The Labute approximate surface area is 194 Å². The fourth-order valence-corrected chi connectivity index (χ4v) is 4.73. The maximum absolute atomic E-state index is 13.0. The van der Waals surface area contributed by atoms with Crippen molar-refractivity contribution in [1.29, 1.82) is 0 Å². The highest BCUT2D eigenvalue weighted by Crippen LogP contribution is 2.37. The Morgan fingerprint density at radius 2 is 1.73 bits per heavy atom. The van der Waals surface area contributed by atoms with Gasteiger partial charge in [-0.2, -0.15) is 0 Å². The van der Waals surface area contributed by atoms with E-state index in [1.807, 2.05) is 47.4 Å². The molecule has 4 aromatic rings. The standard InChI is InChI=1S/C28H29N3O2/c1-19(2)21-14-12-20(13-15-21)17-31-24-9-5-4-8-23(24)29-28(31)22-16-27(32)30(18-22)25-10-6-7-11-26(25)33-3/h4-15,19,22H,16-18H2,1-3H3/t22-/m1/s1. The molecule has 0 radical (unpaired) electrons. The van der Waals surface area contributed by atoms with Gasteiger partial charge in [0.25, 0.3) is 0 Å². The highest BCUT2D eigenvalue weighted by molar-refractivity contribution is 5.97. The van der Waals surface area contributed by atoms with Gasteiger partial charge in [-0.3, -0.25) is 4.79 Å². The second kappa shape index (κ2) is 8.74. The van der Waals surface area contributed by atoms with Gasteiger partial charge in [0.1, 0.15) is 11.6 Å². The van der Waals surface area contributed by atoms with Crippen molar-refractivity contribution in [3.05, 3.63) is 89.7 Å². The van der Waals surface area contributed by atoms with Crippen molar-refractivity contribution in [2.24, 2.45) is 0 Å². The van der Waals surface area contributed by atoms with E-state index < -0.39 is 0 Å². The molecule has 0 spiro atoms. The first kappa shape index (κ1) is 21.3. The van der Waals surface area contributed by atoms with Gasteiger partial charge in [0.15, 0.2) is 0 Å². The van der Waals surface area contributed by atoms with Gasteiger partial charge in [-0.15, -0.1) is 0 Å². The van der Waals surface area contributed by atoms with Crippen LogP contribution < -0.4 is 9.64 Å². The third-order valence-corrected chi connectivity index (χ3v) is 6.54. The lowest BCUT2D eigenvalue weighted by Crippen LogP contribution is -2.25.